The number of para-hydroxylation sites is 1. The molecule has 1 saturated heterocycles. The zero-order chi connectivity index (χ0) is 13.8. The summed E-state index contributed by atoms with van der Waals surface area (Å²) in [6, 6.07) is 10.3. The van der Waals surface area contributed by atoms with Crippen LogP contribution in [-0.4, -0.2) is 34.0 Å². The number of rotatable bonds is 5. The Balaban J connectivity index is 1.62. The lowest BCUT2D eigenvalue weighted by molar-refractivity contribution is 0.447. The molecule has 1 fully saturated rings. The van der Waals surface area contributed by atoms with Gasteiger partial charge in [0, 0.05) is 19.1 Å². The maximum absolute atomic E-state index is 5.79. The highest BCUT2D eigenvalue weighted by Crippen LogP contribution is 2.27. The third kappa shape index (κ3) is 3.11. The first-order valence-electron chi connectivity index (χ1n) is 6.84. The smallest absolute Gasteiger partial charge is 0.238 e. The summed E-state index contributed by atoms with van der Waals surface area (Å²) in [7, 11) is 2.80. The number of aromatic nitrogens is 2. The number of H-pyrrole nitrogens is 1. The Labute approximate surface area is 121 Å². The van der Waals surface area contributed by atoms with Crippen molar-refractivity contribution >= 4 is 15.1 Å². The summed E-state index contributed by atoms with van der Waals surface area (Å²) in [6.07, 6.45) is 4.25. The lowest BCUT2D eigenvalue weighted by Crippen LogP contribution is -2.27. The molecular weight excluding hydrogens is 271 g/mol. The molecule has 1 aliphatic heterocycles. The van der Waals surface area contributed by atoms with Crippen LogP contribution in [0.15, 0.2) is 36.5 Å². The van der Waals surface area contributed by atoms with Crippen LogP contribution in [0.1, 0.15) is 12.8 Å². The minimum absolute atomic E-state index is 0.555. The highest BCUT2D eigenvalue weighted by Gasteiger charge is 2.21. The maximum atomic E-state index is 5.79. The fraction of sp³-hybridized carbons (Fsp3) is 0.357. The van der Waals surface area contributed by atoms with Crippen LogP contribution in [0.3, 0.4) is 0 Å². The summed E-state index contributed by atoms with van der Waals surface area (Å²) in [5.74, 6) is 1.46. The summed E-state index contributed by atoms with van der Waals surface area (Å²) in [4.78, 5) is 0. The van der Waals surface area contributed by atoms with Crippen LogP contribution in [0, 0.1) is 0 Å². The minimum atomic E-state index is 0.555. The van der Waals surface area contributed by atoms with Gasteiger partial charge >= 0.3 is 0 Å². The van der Waals surface area contributed by atoms with E-state index in [2.05, 4.69) is 29.6 Å². The van der Waals surface area contributed by atoms with Crippen LogP contribution in [0.2, 0.25) is 0 Å². The number of benzene rings is 1. The summed E-state index contributed by atoms with van der Waals surface area (Å²) in [6.45, 7) is 2.05. The first-order valence-corrected chi connectivity index (χ1v) is 7.36. The molecule has 0 amide bonds. The lowest BCUT2D eigenvalue weighted by atomic mass is 10.2. The van der Waals surface area contributed by atoms with Crippen LogP contribution < -0.4 is 10.1 Å². The largest absolute Gasteiger partial charge is 0.437 e. The Hall–Kier alpha value is -1.58. The first-order chi connectivity index (χ1) is 9.83. The van der Waals surface area contributed by atoms with Crippen LogP contribution in [0.5, 0.6) is 11.6 Å². The Morgan fingerprint density at radius 3 is 3.00 bits per heavy atom. The van der Waals surface area contributed by atoms with Crippen molar-refractivity contribution in [1.82, 2.24) is 14.9 Å². The second-order valence-corrected chi connectivity index (χ2v) is 5.61. The molecule has 2 heterocycles. The molecule has 0 saturated carbocycles. The molecule has 6 heteroatoms. The fourth-order valence-corrected chi connectivity index (χ4v) is 2.83. The van der Waals surface area contributed by atoms with Gasteiger partial charge in [0.25, 0.3) is 0 Å². The zero-order valence-electron chi connectivity index (χ0n) is 11.2. The third-order valence-corrected chi connectivity index (χ3v) is 4.20. The van der Waals surface area contributed by atoms with E-state index in [-0.39, 0.29) is 0 Å². The van der Waals surface area contributed by atoms with Gasteiger partial charge in [-0.25, -0.2) is 5.10 Å². The SMILES string of the molecule is PN1CCC[C@H]1CNc1cn[nH]c1Oc1ccccc1. The van der Waals surface area contributed by atoms with E-state index in [4.69, 9.17) is 4.74 Å². The number of nitrogens with zero attached hydrogens (tertiary/aromatic N) is 2. The van der Waals surface area contributed by atoms with Crippen molar-refractivity contribution in [2.24, 2.45) is 0 Å². The second-order valence-electron chi connectivity index (χ2n) is 4.94. The van der Waals surface area contributed by atoms with Crippen molar-refractivity contribution < 1.29 is 4.74 Å². The van der Waals surface area contributed by atoms with E-state index < -0.39 is 0 Å². The van der Waals surface area contributed by atoms with Crippen LogP contribution >= 0.6 is 9.39 Å². The standard InChI is InChI=1S/C14H19N4OP/c20-18-8-4-5-11(18)9-15-13-10-16-17-14(13)19-12-6-2-1-3-7-12/h1-3,6-7,10-11,15H,4-5,8-9,20H2,(H,16,17)/t11-/m0/s1. The molecule has 0 aliphatic carbocycles. The maximum Gasteiger partial charge on any atom is 0.238 e. The Morgan fingerprint density at radius 1 is 1.40 bits per heavy atom. The van der Waals surface area contributed by atoms with Gasteiger partial charge in [-0.05, 0) is 25.0 Å². The van der Waals surface area contributed by atoms with E-state index in [1.165, 1.54) is 12.8 Å². The number of nitrogens with one attached hydrogen (secondary N) is 2. The van der Waals surface area contributed by atoms with Crippen molar-refractivity contribution in [1.29, 1.82) is 0 Å². The predicted molar refractivity (Wildman–Crippen MR) is 83.0 cm³/mol. The van der Waals surface area contributed by atoms with Crippen LogP contribution in [-0.2, 0) is 0 Å². The summed E-state index contributed by atoms with van der Waals surface area (Å²) in [5, 5.41) is 10.4. The van der Waals surface area contributed by atoms with Crippen molar-refractivity contribution in [3.8, 4) is 11.6 Å². The van der Waals surface area contributed by atoms with E-state index in [0.29, 0.717) is 11.9 Å². The van der Waals surface area contributed by atoms with Crippen LogP contribution in [0.4, 0.5) is 5.69 Å². The van der Waals surface area contributed by atoms with Crippen molar-refractivity contribution in [3.05, 3.63) is 36.5 Å². The van der Waals surface area contributed by atoms with E-state index in [9.17, 15) is 0 Å². The fourth-order valence-electron chi connectivity index (χ4n) is 2.39. The molecule has 1 aromatic carbocycles. The molecule has 5 nitrogen and oxygen atoms in total. The predicted octanol–water partition coefficient (Wildman–Crippen LogP) is 2.87. The molecule has 106 valence electrons. The van der Waals surface area contributed by atoms with E-state index in [0.717, 1.165) is 24.5 Å². The van der Waals surface area contributed by atoms with Gasteiger partial charge in [-0.1, -0.05) is 27.6 Å². The highest BCUT2D eigenvalue weighted by atomic mass is 31.0. The molecule has 2 N–H and O–H groups in total. The molecule has 2 aromatic rings. The summed E-state index contributed by atoms with van der Waals surface area (Å²) >= 11 is 0. The number of aromatic amines is 1. The van der Waals surface area contributed by atoms with Gasteiger partial charge in [0.2, 0.25) is 5.88 Å². The monoisotopic (exact) mass is 290 g/mol. The Bertz CT molecular complexity index is 545. The second kappa shape index (κ2) is 6.25. The zero-order valence-corrected chi connectivity index (χ0v) is 12.4. The molecule has 0 radical (unpaired) electrons. The normalized spacial score (nSPS) is 19.1. The molecule has 0 spiro atoms. The van der Waals surface area contributed by atoms with Gasteiger partial charge in [-0.2, -0.15) is 5.10 Å². The van der Waals surface area contributed by atoms with Gasteiger partial charge < -0.3 is 10.1 Å². The van der Waals surface area contributed by atoms with Crippen molar-refractivity contribution in [2.45, 2.75) is 18.9 Å². The number of hydrogen-bond acceptors (Lipinski definition) is 4. The Kier molecular flexibility index (Phi) is 4.19. The molecule has 1 unspecified atom stereocenters. The molecule has 1 aliphatic rings. The van der Waals surface area contributed by atoms with Gasteiger partial charge in [-0.15, -0.1) is 0 Å². The van der Waals surface area contributed by atoms with Crippen molar-refractivity contribution in [2.75, 3.05) is 18.4 Å². The summed E-state index contributed by atoms with van der Waals surface area (Å²) < 4.78 is 8.10. The van der Waals surface area contributed by atoms with E-state index in [1.807, 2.05) is 30.3 Å². The Morgan fingerprint density at radius 2 is 2.25 bits per heavy atom. The van der Waals surface area contributed by atoms with Gasteiger partial charge in [-0.3, -0.25) is 4.67 Å². The van der Waals surface area contributed by atoms with Crippen molar-refractivity contribution in [3.63, 3.8) is 0 Å². The number of hydrogen-bond donors (Lipinski definition) is 2. The van der Waals surface area contributed by atoms with Gasteiger partial charge in [0.15, 0.2) is 0 Å². The number of ether oxygens (including phenoxy) is 1. The molecule has 2 atom stereocenters. The highest BCUT2D eigenvalue weighted by molar-refractivity contribution is 7.13. The lowest BCUT2D eigenvalue weighted by Gasteiger charge is -2.19. The van der Waals surface area contributed by atoms with E-state index in [1.54, 1.807) is 6.20 Å². The third-order valence-electron chi connectivity index (χ3n) is 3.52. The summed E-state index contributed by atoms with van der Waals surface area (Å²) in [5.41, 5.74) is 0.902. The first kappa shape index (κ1) is 13.4. The molecule has 0 bridgehead atoms. The topological polar surface area (TPSA) is 53.2 Å². The average molecular weight is 290 g/mol. The van der Waals surface area contributed by atoms with Crippen LogP contribution in [0.25, 0.3) is 0 Å². The quantitative estimate of drug-likeness (QED) is 0.831. The molecular formula is C14H19N4OP. The van der Waals surface area contributed by atoms with E-state index >= 15 is 0 Å². The van der Waals surface area contributed by atoms with Gasteiger partial charge in [0.05, 0.1) is 6.20 Å². The molecule has 20 heavy (non-hydrogen) atoms. The van der Waals surface area contributed by atoms with Gasteiger partial charge in [0.1, 0.15) is 11.4 Å². The molecule has 3 rings (SSSR count). The molecule has 1 aromatic heterocycles. The average Bonchev–Trinajstić information content (AvgIpc) is 3.07. The number of anilines is 1. The minimum Gasteiger partial charge on any atom is -0.437 e.